The fourth-order valence-corrected chi connectivity index (χ4v) is 3.12. The van der Waals surface area contributed by atoms with E-state index in [1.807, 2.05) is 0 Å². The molecule has 1 unspecified atom stereocenters. The summed E-state index contributed by atoms with van der Waals surface area (Å²) in [6, 6.07) is 0.683. The summed E-state index contributed by atoms with van der Waals surface area (Å²) in [4.78, 5) is 16.7. The molecule has 0 aromatic rings. The van der Waals surface area contributed by atoms with Gasteiger partial charge in [-0.05, 0) is 65.8 Å². The van der Waals surface area contributed by atoms with Gasteiger partial charge in [-0.3, -0.25) is 4.79 Å². The van der Waals surface area contributed by atoms with Gasteiger partial charge in [0.15, 0.2) is 0 Å². The zero-order valence-corrected chi connectivity index (χ0v) is 11.8. The summed E-state index contributed by atoms with van der Waals surface area (Å²) in [5.74, 6) is 0.534. The number of likely N-dealkylation sites (tertiary alicyclic amines) is 2. The number of carbonyl (C=O) groups is 1. The Morgan fingerprint density at radius 1 is 1.17 bits per heavy atom. The van der Waals surface area contributed by atoms with Gasteiger partial charge in [-0.1, -0.05) is 0 Å². The Balaban J connectivity index is 1.62. The van der Waals surface area contributed by atoms with Crippen LogP contribution in [0, 0.1) is 5.92 Å². The van der Waals surface area contributed by atoms with E-state index in [9.17, 15) is 4.79 Å². The van der Waals surface area contributed by atoms with Crippen molar-refractivity contribution < 1.29 is 4.79 Å². The van der Waals surface area contributed by atoms with Crippen molar-refractivity contribution >= 4 is 5.91 Å². The van der Waals surface area contributed by atoms with Gasteiger partial charge in [-0.15, -0.1) is 0 Å². The zero-order valence-electron chi connectivity index (χ0n) is 11.8. The van der Waals surface area contributed by atoms with Crippen LogP contribution in [0.3, 0.4) is 0 Å². The third kappa shape index (κ3) is 3.69. The van der Waals surface area contributed by atoms with E-state index in [-0.39, 0.29) is 11.8 Å². The Hall–Kier alpha value is -0.610. The molecule has 0 aliphatic carbocycles. The number of rotatable bonds is 4. The van der Waals surface area contributed by atoms with E-state index in [1.165, 1.54) is 19.4 Å². The summed E-state index contributed by atoms with van der Waals surface area (Å²) in [5.41, 5.74) is 0. The van der Waals surface area contributed by atoms with Gasteiger partial charge in [0.2, 0.25) is 5.91 Å². The van der Waals surface area contributed by atoms with Crippen LogP contribution in [0.15, 0.2) is 0 Å². The van der Waals surface area contributed by atoms with Crippen molar-refractivity contribution in [1.82, 2.24) is 15.1 Å². The van der Waals surface area contributed by atoms with Crippen LogP contribution in [-0.2, 0) is 4.79 Å². The normalized spacial score (nSPS) is 27.6. The Labute approximate surface area is 111 Å². The van der Waals surface area contributed by atoms with Gasteiger partial charge in [0.25, 0.3) is 0 Å². The molecule has 2 fully saturated rings. The first-order chi connectivity index (χ1) is 8.66. The lowest BCUT2D eigenvalue weighted by molar-refractivity contribution is -0.126. The highest BCUT2D eigenvalue weighted by Crippen LogP contribution is 2.18. The molecule has 2 aliphatic heterocycles. The summed E-state index contributed by atoms with van der Waals surface area (Å²) >= 11 is 0. The quantitative estimate of drug-likeness (QED) is 0.809. The summed E-state index contributed by atoms with van der Waals surface area (Å²) < 4.78 is 0. The lowest BCUT2D eigenvalue weighted by Crippen LogP contribution is -2.40. The number of hydrogen-bond acceptors (Lipinski definition) is 3. The van der Waals surface area contributed by atoms with Crippen LogP contribution in [0.4, 0.5) is 0 Å². The van der Waals surface area contributed by atoms with E-state index >= 15 is 0 Å². The third-order valence-electron chi connectivity index (χ3n) is 4.54. The minimum atomic E-state index is 0.252. The van der Waals surface area contributed by atoms with Crippen molar-refractivity contribution in [1.29, 1.82) is 0 Å². The minimum absolute atomic E-state index is 0.252. The van der Waals surface area contributed by atoms with Gasteiger partial charge in [-0.25, -0.2) is 0 Å². The maximum Gasteiger partial charge on any atom is 0.223 e. The van der Waals surface area contributed by atoms with Crippen molar-refractivity contribution in [3.8, 4) is 0 Å². The average molecular weight is 253 g/mol. The van der Waals surface area contributed by atoms with E-state index < -0.39 is 0 Å². The van der Waals surface area contributed by atoms with E-state index in [1.54, 1.807) is 0 Å². The van der Waals surface area contributed by atoms with Crippen molar-refractivity contribution in [3.63, 3.8) is 0 Å². The van der Waals surface area contributed by atoms with Gasteiger partial charge in [0.05, 0.1) is 0 Å². The fraction of sp³-hybridized carbons (Fsp3) is 0.929. The molecule has 1 N–H and O–H groups in total. The van der Waals surface area contributed by atoms with E-state index in [0.717, 1.165) is 38.9 Å². The summed E-state index contributed by atoms with van der Waals surface area (Å²) in [6.45, 7) is 4.18. The summed E-state index contributed by atoms with van der Waals surface area (Å²) in [7, 11) is 4.32. The maximum atomic E-state index is 12.0. The summed E-state index contributed by atoms with van der Waals surface area (Å²) in [5, 5.41) is 3.13. The van der Waals surface area contributed by atoms with Crippen molar-refractivity contribution in [2.24, 2.45) is 5.92 Å². The third-order valence-corrected chi connectivity index (χ3v) is 4.54. The lowest BCUT2D eigenvalue weighted by Gasteiger charge is -2.28. The number of nitrogens with one attached hydrogen (secondary N) is 1. The van der Waals surface area contributed by atoms with Crippen LogP contribution in [0.2, 0.25) is 0 Å². The molecule has 2 rings (SSSR count). The largest absolute Gasteiger partial charge is 0.356 e. The standard InChI is InChI=1S/C14H27N3O/c1-16-10-6-12(7-11-16)14(18)15-8-5-13-4-3-9-17(13)2/h12-13H,3-11H2,1-2H3,(H,15,18). The van der Waals surface area contributed by atoms with E-state index in [0.29, 0.717) is 6.04 Å². The molecule has 0 aromatic carbocycles. The number of piperidine rings is 1. The van der Waals surface area contributed by atoms with E-state index in [4.69, 9.17) is 0 Å². The van der Waals surface area contributed by atoms with Crippen molar-refractivity contribution in [2.45, 2.75) is 38.1 Å². The molecule has 0 saturated carbocycles. The predicted molar refractivity (Wildman–Crippen MR) is 73.5 cm³/mol. The van der Waals surface area contributed by atoms with Crippen LogP contribution >= 0.6 is 0 Å². The average Bonchev–Trinajstić information content (AvgIpc) is 2.76. The second-order valence-corrected chi connectivity index (χ2v) is 5.93. The molecule has 0 bridgehead atoms. The van der Waals surface area contributed by atoms with Crippen LogP contribution in [0.5, 0.6) is 0 Å². The number of carbonyl (C=O) groups excluding carboxylic acids is 1. The second-order valence-electron chi connectivity index (χ2n) is 5.93. The van der Waals surface area contributed by atoms with Crippen molar-refractivity contribution in [3.05, 3.63) is 0 Å². The molecule has 2 heterocycles. The molecule has 18 heavy (non-hydrogen) atoms. The maximum absolute atomic E-state index is 12.0. The highest BCUT2D eigenvalue weighted by Gasteiger charge is 2.24. The SMILES string of the molecule is CN1CCC(C(=O)NCCC2CCCN2C)CC1. The second kappa shape index (κ2) is 6.53. The predicted octanol–water partition coefficient (Wildman–Crippen LogP) is 0.929. The molecule has 1 atom stereocenters. The molecule has 0 radical (unpaired) electrons. The Kier molecular flexibility index (Phi) is 5.01. The van der Waals surface area contributed by atoms with Crippen molar-refractivity contribution in [2.75, 3.05) is 40.3 Å². The molecule has 0 spiro atoms. The fourth-order valence-electron chi connectivity index (χ4n) is 3.12. The van der Waals surface area contributed by atoms with E-state index in [2.05, 4.69) is 29.2 Å². The van der Waals surface area contributed by atoms with Gasteiger partial charge in [0.1, 0.15) is 0 Å². The molecule has 2 saturated heterocycles. The van der Waals surface area contributed by atoms with Gasteiger partial charge >= 0.3 is 0 Å². The van der Waals surface area contributed by atoms with Gasteiger partial charge in [-0.2, -0.15) is 0 Å². The summed E-state index contributed by atoms with van der Waals surface area (Å²) in [6.07, 6.45) is 5.75. The molecule has 4 heteroatoms. The molecule has 104 valence electrons. The van der Waals surface area contributed by atoms with Crippen LogP contribution in [-0.4, -0.2) is 62.0 Å². The van der Waals surface area contributed by atoms with Crippen LogP contribution < -0.4 is 5.32 Å². The molecule has 0 aromatic heterocycles. The smallest absolute Gasteiger partial charge is 0.223 e. The monoisotopic (exact) mass is 253 g/mol. The molecular weight excluding hydrogens is 226 g/mol. The molecule has 1 amide bonds. The number of nitrogens with zero attached hydrogens (tertiary/aromatic N) is 2. The highest BCUT2D eigenvalue weighted by molar-refractivity contribution is 5.78. The number of amides is 1. The number of hydrogen-bond donors (Lipinski definition) is 1. The first kappa shape index (κ1) is 13.8. The molecule has 2 aliphatic rings. The first-order valence-electron chi connectivity index (χ1n) is 7.33. The lowest BCUT2D eigenvalue weighted by atomic mass is 9.96. The highest BCUT2D eigenvalue weighted by atomic mass is 16.1. The molecule has 4 nitrogen and oxygen atoms in total. The Morgan fingerprint density at radius 2 is 1.89 bits per heavy atom. The Morgan fingerprint density at radius 3 is 2.50 bits per heavy atom. The minimum Gasteiger partial charge on any atom is -0.356 e. The Bertz CT molecular complexity index is 274. The topological polar surface area (TPSA) is 35.6 Å². The first-order valence-corrected chi connectivity index (χ1v) is 7.33. The van der Waals surface area contributed by atoms with Gasteiger partial charge < -0.3 is 15.1 Å². The van der Waals surface area contributed by atoms with Crippen LogP contribution in [0.25, 0.3) is 0 Å². The zero-order chi connectivity index (χ0) is 13.0. The van der Waals surface area contributed by atoms with Crippen LogP contribution in [0.1, 0.15) is 32.1 Å². The van der Waals surface area contributed by atoms with Gasteiger partial charge in [0, 0.05) is 18.5 Å². The molecular formula is C14H27N3O.